The van der Waals surface area contributed by atoms with Gasteiger partial charge in [0.2, 0.25) is 5.13 Å². The third-order valence-electron chi connectivity index (χ3n) is 2.59. The molecule has 0 aliphatic heterocycles. The van der Waals surface area contributed by atoms with Gasteiger partial charge in [-0.3, -0.25) is 10.6 Å². The summed E-state index contributed by atoms with van der Waals surface area (Å²) in [6.45, 7) is 0. The standard InChI is InChI=1S/C14H12N4OS3/c19-12(15-11-7-4-8-20-11)16-13-17-18-14(22-13)21-9-10-5-2-1-3-6-10/h1-8H,9H2,(H2,15,16,17,19). The number of urea groups is 1. The lowest BCUT2D eigenvalue weighted by Crippen LogP contribution is -2.18. The molecule has 0 saturated carbocycles. The number of rotatable bonds is 5. The second-order valence-corrected chi connectivity index (χ2v) is 7.35. The zero-order valence-corrected chi connectivity index (χ0v) is 13.8. The van der Waals surface area contributed by atoms with Crippen molar-refractivity contribution in [2.75, 3.05) is 10.6 Å². The Hall–Kier alpha value is -1.90. The molecule has 0 fully saturated rings. The van der Waals surface area contributed by atoms with E-state index < -0.39 is 0 Å². The van der Waals surface area contributed by atoms with Gasteiger partial charge in [0, 0.05) is 5.75 Å². The number of nitrogens with zero attached hydrogens (tertiary/aromatic N) is 2. The highest BCUT2D eigenvalue weighted by Crippen LogP contribution is 2.28. The van der Waals surface area contributed by atoms with Crippen molar-refractivity contribution in [3.05, 3.63) is 53.4 Å². The van der Waals surface area contributed by atoms with Crippen LogP contribution in [0, 0.1) is 0 Å². The van der Waals surface area contributed by atoms with E-state index in [2.05, 4.69) is 33.0 Å². The summed E-state index contributed by atoms with van der Waals surface area (Å²) in [5.74, 6) is 0.830. The first-order valence-electron chi connectivity index (χ1n) is 6.41. The van der Waals surface area contributed by atoms with E-state index in [1.807, 2.05) is 35.7 Å². The maximum absolute atomic E-state index is 11.8. The lowest BCUT2D eigenvalue weighted by atomic mass is 10.2. The van der Waals surface area contributed by atoms with Crippen molar-refractivity contribution in [2.45, 2.75) is 10.1 Å². The second kappa shape index (κ2) is 7.39. The largest absolute Gasteiger partial charge is 0.326 e. The zero-order valence-electron chi connectivity index (χ0n) is 11.4. The molecule has 0 bridgehead atoms. The fourth-order valence-electron chi connectivity index (χ4n) is 1.63. The van der Waals surface area contributed by atoms with Gasteiger partial charge in [-0.1, -0.05) is 53.4 Å². The van der Waals surface area contributed by atoms with Gasteiger partial charge in [-0.2, -0.15) is 0 Å². The lowest BCUT2D eigenvalue weighted by Gasteiger charge is -2.01. The average Bonchev–Trinajstić information content (AvgIpc) is 3.18. The van der Waals surface area contributed by atoms with Crippen LogP contribution in [0.2, 0.25) is 0 Å². The number of benzene rings is 1. The lowest BCUT2D eigenvalue weighted by molar-refractivity contribution is 0.262. The molecule has 2 N–H and O–H groups in total. The van der Waals surface area contributed by atoms with Crippen LogP contribution in [-0.4, -0.2) is 16.2 Å². The Labute approximate surface area is 139 Å². The topological polar surface area (TPSA) is 66.9 Å². The number of hydrogen-bond donors (Lipinski definition) is 2. The summed E-state index contributed by atoms with van der Waals surface area (Å²) in [6.07, 6.45) is 0. The molecule has 2 amide bonds. The Bertz CT molecular complexity index is 728. The fourth-order valence-corrected chi connectivity index (χ4v) is 3.94. The molecule has 2 heterocycles. The van der Waals surface area contributed by atoms with Crippen molar-refractivity contribution >= 4 is 50.6 Å². The van der Waals surface area contributed by atoms with E-state index in [1.54, 1.807) is 11.8 Å². The van der Waals surface area contributed by atoms with E-state index in [0.29, 0.717) is 5.13 Å². The molecule has 2 aromatic heterocycles. The molecular formula is C14H12N4OS3. The molecule has 22 heavy (non-hydrogen) atoms. The summed E-state index contributed by atoms with van der Waals surface area (Å²) in [5, 5.41) is 16.7. The maximum Gasteiger partial charge on any atom is 0.326 e. The molecule has 3 rings (SSSR count). The molecule has 0 saturated heterocycles. The average molecular weight is 348 g/mol. The number of amides is 2. The van der Waals surface area contributed by atoms with Gasteiger partial charge in [-0.05, 0) is 23.1 Å². The summed E-state index contributed by atoms with van der Waals surface area (Å²) in [7, 11) is 0. The number of carbonyl (C=O) groups excluding carboxylic acids is 1. The third kappa shape index (κ3) is 4.30. The van der Waals surface area contributed by atoms with Gasteiger partial charge < -0.3 is 0 Å². The number of carbonyl (C=O) groups is 1. The molecule has 8 heteroatoms. The van der Waals surface area contributed by atoms with E-state index >= 15 is 0 Å². The SMILES string of the molecule is O=C(Nc1cccs1)Nc1nnc(SCc2ccccc2)s1. The van der Waals surface area contributed by atoms with Crippen molar-refractivity contribution in [3.63, 3.8) is 0 Å². The van der Waals surface area contributed by atoms with Crippen LogP contribution in [-0.2, 0) is 5.75 Å². The molecule has 0 radical (unpaired) electrons. The van der Waals surface area contributed by atoms with Crippen molar-refractivity contribution in [1.29, 1.82) is 0 Å². The van der Waals surface area contributed by atoms with Crippen molar-refractivity contribution in [1.82, 2.24) is 10.2 Å². The van der Waals surface area contributed by atoms with E-state index in [1.165, 1.54) is 28.2 Å². The predicted molar refractivity (Wildman–Crippen MR) is 92.9 cm³/mol. The van der Waals surface area contributed by atoms with Gasteiger partial charge in [-0.15, -0.1) is 21.5 Å². The van der Waals surface area contributed by atoms with Gasteiger partial charge in [0.25, 0.3) is 0 Å². The van der Waals surface area contributed by atoms with Gasteiger partial charge in [0.1, 0.15) is 0 Å². The van der Waals surface area contributed by atoms with Crippen LogP contribution in [0.3, 0.4) is 0 Å². The smallest absolute Gasteiger partial charge is 0.299 e. The summed E-state index contributed by atoms with van der Waals surface area (Å²) >= 11 is 4.43. The summed E-state index contributed by atoms with van der Waals surface area (Å²) in [5.41, 5.74) is 1.23. The van der Waals surface area contributed by atoms with E-state index in [0.717, 1.165) is 15.1 Å². The Kier molecular flexibility index (Phi) is 5.04. The van der Waals surface area contributed by atoms with Crippen molar-refractivity contribution in [2.24, 2.45) is 0 Å². The highest BCUT2D eigenvalue weighted by Gasteiger charge is 2.09. The van der Waals surface area contributed by atoms with Crippen LogP contribution < -0.4 is 10.6 Å². The quantitative estimate of drug-likeness (QED) is 0.525. The monoisotopic (exact) mass is 348 g/mol. The van der Waals surface area contributed by atoms with Crippen molar-refractivity contribution in [3.8, 4) is 0 Å². The molecule has 0 aliphatic rings. The van der Waals surface area contributed by atoms with Gasteiger partial charge in [0.15, 0.2) is 4.34 Å². The maximum atomic E-state index is 11.8. The third-order valence-corrected chi connectivity index (χ3v) is 5.42. The fraction of sp³-hybridized carbons (Fsp3) is 0.0714. The highest BCUT2D eigenvalue weighted by atomic mass is 32.2. The Morgan fingerprint density at radius 1 is 1.09 bits per heavy atom. The minimum absolute atomic E-state index is 0.307. The molecule has 1 aromatic carbocycles. The molecule has 0 aliphatic carbocycles. The second-order valence-electron chi connectivity index (χ2n) is 4.20. The van der Waals surface area contributed by atoms with Crippen LogP contribution >= 0.6 is 34.4 Å². The minimum Gasteiger partial charge on any atom is -0.299 e. The first kappa shape index (κ1) is 15.0. The molecule has 5 nitrogen and oxygen atoms in total. The summed E-state index contributed by atoms with van der Waals surface area (Å²) < 4.78 is 0.829. The van der Waals surface area contributed by atoms with E-state index in [4.69, 9.17) is 0 Å². The van der Waals surface area contributed by atoms with Crippen molar-refractivity contribution < 1.29 is 4.79 Å². The molecule has 112 valence electrons. The zero-order chi connectivity index (χ0) is 15.2. The minimum atomic E-state index is -0.307. The number of aromatic nitrogens is 2. The normalized spacial score (nSPS) is 10.4. The first-order valence-corrected chi connectivity index (χ1v) is 9.09. The number of anilines is 2. The molecular weight excluding hydrogens is 336 g/mol. The van der Waals surface area contributed by atoms with Gasteiger partial charge in [-0.25, -0.2) is 4.79 Å². The number of nitrogens with one attached hydrogen (secondary N) is 2. The van der Waals surface area contributed by atoms with Gasteiger partial charge >= 0.3 is 6.03 Å². The molecule has 0 unspecified atom stereocenters. The molecule has 3 aromatic rings. The Balaban J connectivity index is 1.51. The van der Waals surface area contributed by atoms with Crippen LogP contribution in [0.4, 0.5) is 14.9 Å². The van der Waals surface area contributed by atoms with E-state index in [9.17, 15) is 4.79 Å². The van der Waals surface area contributed by atoms with Crippen LogP contribution in [0.5, 0.6) is 0 Å². The summed E-state index contributed by atoms with van der Waals surface area (Å²) in [6, 6.07) is 13.6. The predicted octanol–water partition coefficient (Wildman–Crippen LogP) is 4.54. The summed E-state index contributed by atoms with van der Waals surface area (Å²) in [4.78, 5) is 11.8. The number of thiophene rings is 1. The first-order chi connectivity index (χ1) is 10.8. The van der Waals surface area contributed by atoms with Crippen LogP contribution in [0.15, 0.2) is 52.2 Å². The highest BCUT2D eigenvalue weighted by molar-refractivity contribution is 8.00. The molecule has 0 atom stereocenters. The van der Waals surface area contributed by atoms with Crippen LogP contribution in [0.25, 0.3) is 0 Å². The van der Waals surface area contributed by atoms with Crippen LogP contribution in [0.1, 0.15) is 5.56 Å². The van der Waals surface area contributed by atoms with Gasteiger partial charge in [0.05, 0.1) is 5.00 Å². The number of thioether (sulfide) groups is 1. The molecule has 0 spiro atoms. The number of hydrogen-bond acceptors (Lipinski definition) is 6. The Morgan fingerprint density at radius 3 is 2.73 bits per heavy atom. The Morgan fingerprint density at radius 2 is 1.95 bits per heavy atom. The van der Waals surface area contributed by atoms with E-state index in [-0.39, 0.29) is 6.03 Å².